The Labute approximate surface area is 158 Å². The molecule has 3 aromatic heterocycles. The molecule has 26 heavy (non-hydrogen) atoms. The topological polar surface area (TPSA) is 68.3 Å². The van der Waals surface area contributed by atoms with Gasteiger partial charge in [0.05, 0.1) is 17.4 Å². The van der Waals surface area contributed by atoms with Gasteiger partial charge in [0.2, 0.25) is 5.91 Å². The van der Waals surface area contributed by atoms with Crippen molar-refractivity contribution in [3.05, 3.63) is 34.1 Å². The van der Waals surface area contributed by atoms with Gasteiger partial charge in [-0.15, -0.1) is 11.3 Å². The van der Waals surface area contributed by atoms with Crippen molar-refractivity contribution in [2.75, 3.05) is 18.8 Å². The third-order valence-corrected chi connectivity index (χ3v) is 6.38. The van der Waals surface area contributed by atoms with Crippen LogP contribution in [0.3, 0.4) is 0 Å². The lowest BCUT2D eigenvalue weighted by molar-refractivity contribution is -0.127. The molecule has 0 radical (unpaired) electrons. The number of furan rings is 1. The smallest absolute Gasteiger partial charge is 0.263 e. The largest absolute Gasteiger partial charge is 0.464 e. The predicted molar refractivity (Wildman–Crippen MR) is 104 cm³/mol. The van der Waals surface area contributed by atoms with E-state index in [-0.39, 0.29) is 11.5 Å². The number of rotatable bonds is 5. The first kappa shape index (κ1) is 17.4. The summed E-state index contributed by atoms with van der Waals surface area (Å²) in [6, 6.07) is 3.65. The Hall–Kier alpha value is -2.06. The standard InChI is InChI=1S/C18H19N3O3S2/c1-2-21-17(23)15-12(13-6-5-9-24-13)10-25-16(15)19-18(21)26-11-14(22)20-7-3-4-8-20/h5-6,9-10H,2-4,7-8,11H2,1H3. The molecule has 0 saturated carbocycles. The van der Waals surface area contributed by atoms with Crippen LogP contribution < -0.4 is 5.56 Å². The van der Waals surface area contributed by atoms with Crippen molar-refractivity contribution in [2.45, 2.75) is 31.5 Å². The average Bonchev–Trinajstić information content (AvgIpc) is 3.40. The molecule has 4 rings (SSSR count). The molecule has 0 N–H and O–H groups in total. The van der Waals surface area contributed by atoms with Gasteiger partial charge in [0.15, 0.2) is 5.16 Å². The van der Waals surface area contributed by atoms with Gasteiger partial charge in [-0.05, 0) is 31.9 Å². The highest BCUT2D eigenvalue weighted by molar-refractivity contribution is 7.99. The summed E-state index contributed by atoms with van der Waals surface area (Å²) in [5.74, 6) is 1.10. The van der Waals surface area contributed by atoms with Gasteiger partial charge in [-0.1, -0.05) is 11.8 Å². The van der Waals surface area contributed by atoms with Crippen LogP contribution in [0.4, 0.5) is 0 Å². The fraction of sp³-hybridized carbons (Fsp3) is 0.389. The van der Waals surface area contributed by atoms with E-state index in [9.17, 15) is 9.59 Å². The number of aromatic nitrogens is 2. The van der Waals surface area contributed by atoms with E-state index in [0.29, 0.717) is 33.4 Å². The lowest BCUT2D eigenvalue weighted by atomic mass is 10.2. The monoisotopic (exact) mass is 389 g/mol. The van der Waals surface area contributed by atoms with Gasteiger partial charge in [0.25, 0.3) is 5.56 Å². The van der Waals surface area contributed by atoms with E-state index < -0.39 is 0 Å². The normalized spacial score (nSPS) is 14.4. The number of fused-ring (bicyclic) bond motifs is 1. The number of thiophene rings is 1. The molecule has 1 aliphatic heterocycles. The molecular formula is C18H19N3O3S2. The summed E-state index contributed by atoms with van der Waals surface area (Å²) in [4.78, 5) is 32.6. The number of carbonyl (C=O) groups is 1. The third-order valence-electron chi connectivity index (χ3n) is 4.55. The van der Waals surface area contributed by atoms with Crippen LogP contribution >= 0.6 is 23.1 Å². The van der Waals surface area contributed by atoms with Gasteiger partial charge >= 0.3 is 0 Å². The van der Waals surface area contributed by atoms with Gasteiger partial charge in [0.1, 0.15) is 10.6 Å². The Morgan fingerprint density at radius 1 is 1.38 bits per heavy atom. The van der Waals surface area contributed by atoms with Gasteiger partial charge in [-0.25, -0.2) is 4.98 Å². The number of amides is 1. The number of carbonyl (C=O) groups excluding carboxylic acids is 1. The number of thioether (sulfide) groups is 1. The second kappa shape index (κ2) is 7.28. The molecule has 0 unspecified atom stereocenters. The molecule has 6 nitrogen and oxygen atoms in total. The Kier molecular flexibility index (Phi) is 4.86. The molecular weight excluding hydrogens is 370 g/mol. The van der Waals surface area contributed by atoms with Crippen molar-refractivity contribution >= 4 is 39.2 Å². The molecule has 0 atom stereocenters. The van der Waals surface area contributed by atoms with Crippen LogP contribution in [0.5, 0.6) is 0 Å². The van der Waals surface area contributed by atoms with Crippen molar-refractivity contribution in [1.82, 2.24) is 14.5 Å². The number of hydrogen-bond acceptors (Lipinski definition) is 6. The molecule has 0 bridgehead atoms. The van der Waals surface area contributed by atoms with Crippen molar-refractivity contribution in [1.29, 1.82) is 0 Å². The fourth-order valence-electron chi connectivity index (χ4n) is 3.19. The Bertz CT molecular complexity index is 985. The minimum atomic E-state index is -0.0822. The summed E-state index contributed by atoms with van der Waals surface area (Å²) in [5, 5.41) is 3.09. The molecule has 1 amide bonds. The van der Waals surface area contributed by atoms with Crippen LogP contribution in [-0.2, 0) is 11.3 Å². The molecule has 1 fully saturated rings. The zero-order chi connectivity index (χ0) is 18.1. The first-order valence-corrected chi connectivity index (χ1v) is 10.5. The number of hydrogen-bond donors (Lipinski definition) is 0. The number of nitrogens with zero attached hydrogens (tertiary/aromatic N) is 3. The van der Waals surface area contributed by atoms with E-state index >= 15 is 0 Å². The van der Waals surface area contributed by atoms with Crippen LogP contribution in [0.25, 0.3) is 21.5 Å². The van der Waals surface area contributed by atoms with Crippen molar-refractivity contribution in [3.8, 4) is 11.3 Å². The second-order valence-corrected chi connectivity index (χ2v) is 7.93. The lowest BCUT2D eigenvalue weighted by Gasteiger charge is -2.15. The molecule has 4 heterocycles. The summed E-state index contributed by atoms with van der Waals surface area (Å²) in [6.07, 6.45) is 3.74. The van der Waals surface area contributed by atoms with Gasteiger partial charge in [-0.2, -0.15) is 0 Å². The highest BCUT2D eigenvalue weighted by atomic mass is 32.2. The van der Waals surface area contributed by atoms with E-state index in [1.54, 1.807) is 16.9 Å². The van der Waals surface area contributed by atoms with Gasteiger partial charge in [0, 0.05) is 30.6 Å². The first-order chi connectivity index (χ1) is 12.7. The maximum atomic E-state index is 13.0. The molecule has 136 valence electrons. The quantitative estimate of drug-likeness (QED) is 0.494. The predicted octanol–water partition coefficient (Wildman–Crippen LogP) is 3.45. The molecule has 1 saturated heterocycles. The summed E-state index contributed by atoms with van der Waals surface area (Å²) in [6.45, 7) is 4.10. The van der Waals surface area contributed by atoms with Crippen LogP contribution in [-0.4, -0.2) is 39.2 Å². The molecule has 0 spiro atoms. The molecule has 8 heteroatoms. The van der Waals surface area contributed by atoms with Crippen LogP contribution in [0.15, 0.2) is 38.1 Å². The second-order valence-electron chi connectivity index (χ2n) is 6.13. The molecule has 1 aliphatic rings. The Morgan fingerprint density at radius 3 is 2.88 bits per heavy atom. The van der Waals surface area contributed by atoms with E-state index in [0.717, 1.165) is 31.5 Å². The molecule has 0 aromatic carbocycles. The first-order valence-electron chi connectivity index (χ1n) is 8.65. The van der Waals surface area contributed by atoms with Crippen LogP contribution in [0.2, 0.25) is 0 Å². The summed E-state index contributed by atoms with van der Waals surface area (Å²) >= 11 is 2.77. The summed E-state index contributed by atoms with van der Waals surface area (Å²) in [5.41, 5.74) is 0.695. The minimum absolute atomic E-state index is 0.0822. The Balaban J connectivity index is 1.67. The van der Waals surface area contributed by atoms with E-state index in [2.05, 4.69) is 4.98 Å². The van der Waals surface area contributed by atoms with Gasteiger partial charge < -0.3 is 9.32 Å². The third kappa shape index (κ3) is 3.07. The van der Waals surface area contributed by atoms with Crippen LogP contribution in [0.1, 0.15) is 19.8 Å². The summed E-state index contributed by atoms with van der Waals surface area (Å²) in [7, 11) is 0. The van der Waals surface area contributed by atoms with E-state index in [4.69, 9.17) is 4.42 Å². The maximum Gasteiger partial charge on any atom is 0.263 e. The van der Waals surface area contributed by atoms with Crippen molar-refractivity contribution in [2.24, 2.45) is 0 Å². The van der Waals surface area contributed by atoms with Crippen molar-refractivity contribution < 1.29 is 9.21 Å². The average molecular weight is 390 g/mol. The molecule has 3 aromatic rings. The van der Waals surface area contributed by atoms with Gasteiger partial charge in [-0.3, -0.25) is 14.2 Å². The lowest BCUT2D eigenvalue weighted by Crippen LogP contribution is -2.29. The van der Waals surface area contributed by atoms with E-state index in [1.165, 1.54) is 23.1 Å². The number of likely N-dealkylation sites (tertiary alicyclic amines) is 1. The highest BCUT2D eigenvalue weighted by Gasteiger charge is 2.21. The van der Waals surface area contributed by atoms with Crippen molar-refractivity contribution in [3.63, 3.8) is 0 Å². The Morgan fingerprint density at radius 2 is 2.19 bits per heavy atom. The zero-order valence-corrected chi connectivity index (χ0v) is 16.1. The van der Waals surface area contributed by atoms with Crippen LogP contribution in [0, 0.1) is 0 Å². The minimum Gasteiger partial charge on any atom is -0.464 e. The summed E-state index contributed by atoms with van der Waals surface area (Å²) < 4.78 is 7.10. The highest BCUT2D eigenvalue weighted by Crippen LogP contribution is 2.32. The fourth-order valence-corrected chi connectivity index (χ4v) is 5.13. The van der Waals surface area contributed by atoms with E-state index in [1.807, 2.05) is 23.3 Å². The molecule has 0 aliphatic carbocycles. The maximum absolute atomic E-state index is 13.0. The SMILES string of the molecule is CCn1c(SCC(=O)N2CCCC2)nc2scc(-c3ccco3)c2c1=O. The zero-order valence-electron chi connectivity index (χ0n) is 14.4.